The van der Waals surface area contributed by atoms with Gasteiger partial charge in [0.15, 0.2) is 0 Å². The van der Waals surface area contributed by atoms with Gasteiger partial charge in [-0.15, -0.1) is 0 Å². The average molecular weight is 317 g/mol. The van der Waals surface area contributed by atoms with Crippen LogP contribution < -0.4 is 5.32 Å². The summed E-state index contributed by atoms with van der Waals surface area (Å²) < 4.78 is 6.90. The van der Waals surface area contributed by atoms with Crippen LogP contribution in [0.1, 0.15) is 43.4 Å². The summed E-state index contributed by atoms with van der Waals surface area (Å²) in [6.45, 7) is 7.86. The van der Waals surface area contributed by atoms with Crippen molar-refractivity contribution < 1.29 is 14.3 Å². The summed E-state index contributed by atoms with van der Waals surface area (Å²) in [4.78, 5) is 28.9. The normalized spacial score (nSPS) is 12.4. The van der Waals surface area contributed by atoms with Crippen LogP contribution in [0.4, 0.5) is 0 Å². The van der Waals surface area contributed by atoms with Gasteiger partial charge in [0.05, 0.1) is 12.3 Å². The largest absolute Gasteiger partial charge is 0.464 e. The number of hydrogen-bond donors (Lipinski definition) is 1. The smallest absolute Gasteiger partial charge is 0.328 e. The van der Waals surface area contributed by atoms with E-state index in [0.29, 0.717) is 17.8 Å². The van der Waals surface area contributed by atoms with Crippen LogP contribution in [0.3, 0.4) is 0 Å². The minimum absolute atomic E-state index is 0.256. The molecule has 2 aromatic rings. The first kappa shape index (κ1) is 17.0. The van der Waals surface area contributed by atoms with E-state index in [-0.39, 0.29) is 18.4 Å². The molecule has 0 saturated carbocycles. The lowest BCUT2D eigenvalue weighted by Crippen LogP contribution is -2.43. The molecule has 0 fully saturated rings. The first-order valence-electron chi connectivity index (χ1n) is 7.85. The van der Waals surface area contributed by atoms with E-state index in [9.17, 15) is 9.59 Å². The number of aryl methyl sites for hydroxylation is 1. The van der Waals surface area contributed by atoms with Gasteiger partial charge >= 0.3 is 5.97 Å². The summed E-state index contributed by atoms with van der Waals surface area (Å²) in [5.74, 6) is -0.507. The zero-order valence-corrected chi connectivity index (χ0v) is 14.0. The molecule has 1 atom stereocenters. The Hall–Kier alpha value is -2.37. The molecule has 6 nitrogen and oxygen atoms in total. The molecule has 0 bridgehead atoms. The van der Waals surface area contributed by atoms with E-state index in [4.69, 9.17) is 4.74 Å². The number of nitrogens with one attached hydrogen (secondary N) is 1. The highest BCUT2D eigenvalue weighted by atomic mass is 16.5. The highest BCUT2D eigenvalue weighted by Crippen LogP contribution is 2.13. The Morgan fingerprint density at radius 1 is 1.35 bits per heavy atom. The monoisotopic (exact) mass is 317 g/mol. The second kappa shape index (κ2) is 7.26. The van der Waals surface area contributed by atoms with Gasteiger partial charge < -0.3 is 14.5 Å². The maximum atomic E-state index is 12.5. The molecule has 0 aromatic carbocycles. The fourth-order valence-electron chi connectivity index (χ4n) is 2.49. The minimum atomic E-state index is -0.660. The zero-order valence-electron chi connectivity index (χ0n) is 14.0. The molecule has 23 heavy (non-hydrogen) atoms. The number of pyridine rings is 1. The molecule has 6 heteroatoms. The summed E-state index contributed by atoms with van der Waals surface area (Å²) in [5.41, 5.74) is 1.77. The van der Waals surface area contributed by atoms with Gasteiger partial charge in [0.2, 0.25) is 0 Å². The van der Waals surface area contributed by atoms with E-state index >= 15 is 0 Å². The van der Waals surface area contributed by atoms with Crippen molar-refractivity contribution in [1.82, 2.24) is 14.7 Å². The molecule has 1 N–H and O–H groups in total. The summed E-state index contributed by atoms with van der Waals surface area (Å²) in [6.07, 6.45) is 2.38. The zero-order chi connectivity index (χ0) is 17.0. The Labute approximate surface area is 135 Å². The molecular formula is C17H23N3O3. The Kier molecular flexibility index (Phi) is 5.36. The van der Waals surface area contributed by atoms with Gasteiger partial charge in [0.1, 0.15) is 17.4 Å². The SMILES string of the molecule is CCOC(=O)C(CC(C)C)NC(=O)c1nc2ccccn2c1C. The van der Waals surface area contributed by atoms with Crippen molar-refractivity contribution in [2.45, 2.75) is 40.2 Å². The summed E-state index contributed by atoms with van der Waals surface area (Å²) in [5, 5.41) is 2.76. The third-order valence-electron chi connectivity index (χ3n) is 3.57. The Morgan fingerprint density at radius 2 is 2.09 bits per heavy atom. The van der Waals surface area contributed by atoms with E-state index in [1.807, 2.05) is 49.6 Å². The topological polar surface area (TPSA) is 72.7 Å². The number of carbonyl (C=O) groups is 2. The van der Waals surface area contributed by atoms with Crippen LogP contribution in [0.25, 0.3) is 5.65 Å². The molecule has 0 aliphatic heterocycles. The molecule has 2 aromatic heterocycles. The fraction of sp³-hybridized carbons (Fsp3) is 0.471. The van der Waals surface area contributed by atoms with Crippen molar-refractivity contribution in [3.05, 3.63) is 35.8 Å². The van der Waals surface area contributed by atoms with Crippen LogP contribution in [0.15, 0.2) is 24.4 Å². The van der Waals surface area contributed by atoms with Crippen molar-refractivity contribution in [1.29, 1.82) is 0 Å². The first-order valence-corrected chi connectivity index (χ1v) is 7.85. The molecule has 0 spiro atoms. The van der Waals surface area contributed by atoms with Gasteiger partial charge in [-0.2, -0.15) is 0 Å². The van der Waals surface area contributed by atoms with Crippen LogP contribution in [0.5, 0.6) is 0 Å². The molecule has 0 saturated heterocycles. The van der Waals surface area contributed by atoms with Crippen LogP contribution in [-0.2, 0) is 9.53 Å². The van der Waals surface area contributed by atoms with Gasteiger partial charge in [0.25, 0.3) is 5.91 Å². The molecule has 1 unspecified atom stereocenters. The van der Waals surface area contributed by atoms with E-state index < -0.39 is 12.0 Å². The van der Waals surface area contributed by atoms with Crippen molar-refractivity contribution in [2.24, 2.45) is 5.92 Å². The number of ether oxygens (including phenoxy) is 1. The number of carbonyl (C=O) groups excluding carboxylic acids is 2. The number of amides is 1. The Balaban J connectivity index is 2.22. The molecule has 1 amide bonds. The van der Waals surface area contributed by atoms with Gasteiger partial charge in [-0.1, -0.05) is 19.9 Å². The number of nitrogens with zero attached hydrogens (tertiary/aromatic N) is 2. The van der Waals surface area contributed by atoms with Crippen LogP contribution >= 0.6 is 0 Å². The minimum Gasteiger partial charge on any atom is -0.464 e. The molecule has 0 aliphatic rings. The van der Waals surface area contributed by atoms with Crippen molar-refractivity contribution >= 4 is 17.5 Å². The molecule has 0 aliphatic carbocycles. The fourth-order valence-corrected chi connectivity index (χ4v) is 2.49. The third-order valence-corrected chi connectivity index (χ3v) is 3.57. The lowest BCUT2D eigenvalue weighted by molar-refractivity contribution is -0.145. The third kappa shape index (κ3) is 3.88. The summed E-state index contributed by atoms with van der Waals surface area (Å²) in [7, 11) is 0. The van der Waals surface area contributed by atoms with Gasteiger partial charge in [-0.05, 0) is 38.3 Å². The highest BCUT2D eigenvalue weighted by Gasteiger charge is 2.25. The van der Waals surface area contributed by atoms with Crippen LogP contribution in [-0.4, -0.2) is 33.9 Å². The maximum absolute atomic E-state index is 12.5. The maximum Gasteiger partial charge on any atom is 0.328 e. The van der Waals surface area contributed by atoms with E-state index in [1.54, 1.807) is 6.92 Å². The Morgan fingerprint density at radius 3 is 2.70 bits per heavy atom. The molecule has 2 rings (SSSR count). The lowest BCUT2D eigenvalue weighted by atomic mass is 10.0. The average Bonchev–Trinajstić information content (AvgIpc) is 2.84. The second-order valence-electron chi connectivity index (χ2n) is 5.88. The second-order valence-corrected chi connectivity index (χ2v) is 5.88. The van der Waals surface area contributed by atoms with Crippen molar-refractivity contribution in [2.75, 3.05) is 6.61 Å². The highest BCUT2D eigenvalue weighted by molar-refractivity contribution is 5.96. The van der Waals surface area contributed by atoms with Crippen molar-refractivity contribution in [3.63, 3.8) is 0 Å². The first-order chi connectivity index (χ1) is 10.9. The molecule has 2 heterocycles. The van der Waals surface area contributed by atoms with E-state index in [2.05, 4.69) is 10.3 Å². The number of esters is 1. The molecule has 124 valence electrons. The van der Waals surface area contributed by atoms with Gasteiger partial charge in [-0.25, -0.2) is 9.78 Å². The predicted octanol–water partition coefficient (Wildman–Crippen LogP) is 2.35. The van der Waals surface area contributed by atoms with Gasteiger partial charge in [0, 0.05) is 6.20 Å². The summed E-state index contributed by atoms with van der Waals surface area (Å²) >= 11 is 0. The quantitative estimate of drug-likeness (QED) is 0.830. The van der Waals surface area contributed by atoms with Crippen LogP contribution in [0, 0.1) is 12.8 Å². The number of imidazole rings is 1. The number of hydrogen-bond acceptors (Lipinski definition) is 4. The van der Waals surface area contributed by atoms with Crippen LogP contribution in [0.2, 0.25) is 0 Å². The standard InChI is InChI=1S/C17H23N3O3/c1-5-23-17(22)13(10-11(2)3)18-16(21)15-12(4)20-9-7-6-8-14(20)19-15/h6-9,11,13H,5,10H2,1-4H3,(H,18,21). The van der Waals surface area contributed by atoms with Crippen molar-refractivity contribution in [3.8, 4) is 0 Å². The van der Waals surface area contributed by atoms with Gasteiger partial charge in [-0.3, -0.25) is 4.79 Å². The number of aromatic nitrogens is 2. The van der Waals surface area contributed by atoms with E-state index in [0.717, 1.165) is 5.69 Å². The van der Waals surface area contributed by atoms with E-state index in [1.165, 1.54) is 0 Å². The summed E-state index contributed by atoms with van der Waals surface area (Å²) in [6, 6.07) is 4.92. The number of fused-ring (bicyclic) bond motifs is 1. The predicted molar refractivity (Wildman–Crippen MR) is 87.3 cm³/mol. The Bertz CT molecular complexity index is 706. The molecule has 0 radical (unpaired) electrons. The lowest BCUT2D eigenvalue weighted by Gasteiger charge is -2.18. The molecular weight excluding hydrogens is 294 g/mol. The number of rotatable bonds is 6.